The number of thioether (sulfide) groups is 1. The molecule has 28 heavy (non-hydrogen) atoms. The first-order valence-electron chi connectivity index (χ1n) is 9.98. The van der Waals surface area contributed by atoms with E-state index in [1.807, 2.05) is 6.07 Å². The highest BCUT2D eigenvalue weighted by molar-refractivity contribution is 8.14. The number of nitrogens with zero attached hydrogens (tertiary/aromatic N) is 1. The highest BCUT2D eigenvalue weighted by atomic mass is 32.2. The summed E-state index contributed by atoms with van der Waals surface area (Å²) in [6, 6.07) is 4.73. The van der Waals surface area contributed by atoms with Crippen molar-refractivity contribution in [2.75, 3.05) is 32.7 Å². The number of carbonyl (C=O) groups is 1. The van der Waals surface area contributed by atoms with Gasteiger partial charge in [0.1, 0.15) is 16.5 Å². The number of methoxy groups -OCH3 is 1. The summed E-state index contributed by atoms with van der Waals surface area (Å²) in [4.78, 5) is 16.5. The molecule has 0 radical (unpaired) electrons. The Morgan fingerprint density at radius 1 is 1.18 bits per heavy atom. The van der Waals surface area contributed by atoms with Crippen LogP contribution in [0.1, 0.15) is 51.0 Å². The second-order valence-electron chi connectivity index (χ2n) is 6.72. The molecule has 156 valence electrons. The van der Waals surface area contributed by atoms with Gasteiger partial charge in [0, 0.05) is 31.1 Å². The van der Waals surface area contributed by atoms with E-state index in [4.69, 9.17) is 14.2 Å². The summed E-state index contributed by atoms with van der Waals surface area (Å²) in [6.45, 7) is 3.91. The Balaban J connectivity index is 1.81. The Kier molecular flexibility index (Phi) is 10.2. The average molecular weight is 410 g/mol. The Hall–Kier alpha value is -1.73. The predicted molar refractivity (Wildman–Crippen MR) is 113 cm³/mol. The molecule has 1 aromatic rings. The van der Waals surface area contributed by atoms with Crippen LogP contribution in [0.25, 0.3) is 0 Å². The van der Waals surface area contributed by atoms with Crippen LogP contribution in [-0.2, 0) is 14.3 Å². The third-order valence-corrected chi connectivity index (χ3v) is 5.46. The fourth-order valence-electron chi connectivity index (χ4n) is 2.73. The molecule has 0 amide bonds. The molecular formula is C21H31NO5S. The number of hydrogen-bond donors (Lipinski definition) is 1. The van der Waals surface area contributed by atoms with Gasteiger partial charge in [-0.1, -0.05) is 19.8 Å². The summed E-state index contributed by atoms with van der Waals surface area (Å²) in [5.74, 6) is 1.00. The van der Waals surface area contributed by atoms with E-state index in [0.29, 0.717) is 35.3 Å². The van der Waals surface area contributed by atoms with Crippen molar-refractivity contribution < 1.29 is 24.1 Å². The van der Waals surface area contributed by atoms with Crippen LogP contribution in [-0.4, -0.2) is 54.8 Å². The van der Waals surface area contributed by atoms with E-state index in [0.717, 1.165) is 45.1 Å². The minimum atomic E-state index is -0.495. The minimum absolute atomic E-state index is 0.115. The van der Waals surface area contributed by atoms with Crippen molar-refractivity contribution in [3.8, 4) is 11.5 Å². The van der Waals surface area contributed by atoms with Crippen LogP contribution in [0.4, 0.5) is 0 Å². The van der Waals surface area contributed by atoms with Crippen LogP contribution in [0.15, 0.2) is 23.2 Å². The maximum absolute atomic E-state index is 12.0. The van der Waals surface area contributed by atoms with Crippen LogP contribution in [0, 0.1) is 0 Å². The number of benzene rings is 1. The molecule has 1 aliphatic rings. The van der Waals surface area contributed by atoms with Gasteiger partial charge >= 0.3 is 5.97 Å². The number of ether oxygens (including phenoxy) is 3. The lowest BCUT2D eigenvalue weighted by Crippen LogP contribution is -2.22. The van der Waals surface area contributed by atoms with Gasteiger partial charge in [-0.05, 0) is 37.8 Å². The molecule has 0 fully saturated rings. The maximum atomic E-state index is 12.0. The summed E-state index contributed by atoms with van der Waals surface area (Å²) < 4.78 is 16.0. The van der Waals surface area contributed by atoms with E-state index < -0.39 is 6.04 Å². The van der Waals surface area contributed by atoms with Gasteiger partial charge in [-0.3, -0.25) is 4.99 Å². The summed E-state index contributed by atoms with van der Waals surface area (Å²) in [5, 5.41) is 11.0. The van der Waals surface area contributed by atoms with Gasteiger partial charge in [0.15, 0.2) is 6.04 Å². The molecular weight excluding hydrogens is 378 g/mol. The number of phenols is 1. The highest BCUT2D eigenvalue weighted by Crippen LogP contribution is 2.31. The monoisotopic (exact) mass is 409 g/mol. The van der Waals surface area contributed by atoms with Gasteiger partial charge in [-0.2, -0.15) is 0 Å². The van der Waals surface area contributed by atoms with E-state index in [-0.39, 0.29) is 11.7 Å². The summed E-state index contributed by atoms with van der Waals surface area (Å²) in [5.41, 5.74) is 0.626. The van der Waals surface area contributed by atoms with Crippen LogP contribution < -0.4 is 4.74 Å². The largest absolute Gasteiger partial charge is 0.507 e. The molecule has 1 N–H and O–H groups in total. The zero-order valence-corrected chi connectivity index (χ0v) is 17.6. The number of aromatic hydroxyl groups is 1. The fourth-order valence-corrected chi connectivity index (χ4v) is 3.79. The van der Waals surface area contributed by atoms with E-state index in [1.165, 1.54) is 11.8 Å². The topological polar surface area (TPSA) is 77.4 Å². The van der Waals surface area contributed by atoms with Gasteiger partial charge in [-0.15, -0.1) is 11.8 Å². The minimum Gasteiger partial charge on any atom is -0.507 e. The second kappa shape index (κ2) is 12.7. The Morgan fingerprint density at radius 3 is 2.68 bits per heavy atom. The van der Waals surface area contributed by atoms with Gasteiger partial charge in [0.25, 0.3) is 0 Å². The molecule has 1 unspecified atom stereocenters. The zero-order valence-electron chi connectivity index (χ0n) is 16.8. The number of phenolic OH excluding ortho intramolecular Hbond substituents is 1. The number of esters is 1. The maximum Gasteiger partial charge on any atom is 0.331 e. The standard InChI is InChI=1S/C21H31NO5S/c1-3-4-12-27-21(24)18-15-28-20(22-18)17-10-9-16(14-19(17)23)26-13-8-6-5-7-11-25-2/h9-10,14,18,23H,3-8,11-13,15H2,1-2H3. The lowest BCUT2D eigenvalue weighted by molar-refractivity contribution is -0.144. The summed E-state index contributed by atoms with van der Waals surface area (Å²) in [6.07, 6.45) is 6.10. The smallest absolute Gasteiger partial charge is 0.331 e. The number of hydrogen-bond acceptors (Lipinski definition) is 7. The number of rotatable bonds is 13. The SMILES string of the molecule is CCCCOC(=O)C1CSC(c2ccc(OCCCCCCOC)cc2O)=N1. The van der Waals surface area contributed by atoms with E-state index in [2.05, 4.69) is 11.9 Å². The molecule has 2 rings (SSSR count). The molecule has 7 heteroatoms. The van der Waals surface area contributed by atoms with E-state index in [1.54, 1.807) is 19.2 Å². The van der Waals surface area contributed by atoms with Gasteiger partial charge in [-0.25, -0.2) is 4.79 Å². The molecule has 1 aromatic carbocycles. The summed E-state index contributed by atoms with van der Waals surface area (Å²) >= 11 is 1.46. The lowest BCUT2D eigenvalue weighted by Gasteiger charge is -2.09. The van der Waals surface area contributed by atoms with Crippen molar-refractivity contribution >= 4 is 22.8 Å². The third-order valence-electron chi connectivity index (χ3n) is 4.38. The normalized spacial score (nSPS) is 16.1. The van der Waals surface area contributed by atoms with Crippen LogP contribution in [0.2, 0.25) is 0 Å². The van der Waals surface area contributed by atoms with Crippen molar-refractivity contribution in [1.29, 1.82) is 0 Å². The van der Waals surface area contributed by atoms with Crippen LogP contribution >= 0.6 is 11.8 Å². The van der Waals surface area contributed by atoms with Crippen LogP contribution in [0.3, 0.4) is 0 Å². The van der Waals surface area contributed by atoms with Crippen molar-refractivity contribution in [1.82, 2.24) is 0 Å². The quantitative estimate of drug-likeness (QED) is 0.389. The second-order valence-corrected chi connectivity index (χ2v) is 7.73. The first-order valence-corrected chi connectivity index (χ1v) is 11.0. The van der Waals surface area contributed by atoms with Crippen molar-refractivity contribution in [2.45, 2.75) is 51.5 Å². The lowest BCUT2D eigenvalue weighted by atomic mass is 10.2. The van der Waals surface area contributed by atoms with Gasteiger partial charge < -0.3 is 19.3 Å². The van der Waals surface area contributed by atoms with Crippen LogP contribution in [0.5, 0.6) is 11.5 Å². The first-order chi connectivity index (χ1) is 13.7. The first kappa shape index (κ1) is 22.6. The van der Waals surface area contributed by atoms with E-state index >= 15 is 0 Å². The summed E-state index contributed by atoms with van der Waals surface area (Å²) in [7, 11) is 1.72. The molecule has 0 saturated heterocycles. The van der Waals surface area contributed by atoms with Crippen molar-refractivity contribution in [2.24, 2.45) is 4.99 Å². The van der Waals surface area contributed by atoms with Crippen molar-refractivity contribution in [3.63, 3.8) is 0 Å². The van der Waals surface area contributed by atoms with Gasteiger partial charge in [0.2, 0.25) is 0 Å². The molecule has 1 heterocycles. The molecule has 1 aliphatic heterocycles. The molecule has 0 aliphatic carbocycles. The molecule has 0 spiro atoms. The van der Waals surface area contributed by atoms with Crippen molar-refractivity contribution in [3.05, 3.63) is 23.8 Å². The highest BCUT2D eigenvalue weighted by Gasteiger charge is 2.28. The number of aliphatic imine (C=N–C) groups is 1. The molecule has 6 nitrogen and oxygen atoms in total. The third kappa shape index (κ3) is 7.36. The Morgan fingerprint density at radius 2 is 1.96 bits per heavy atom. The molecule has 0 aromatic heterocycles. The zero-order chi connectivity index (χ0) is 20.2. The Bertz CT molecular complexity index is 650. The molecule has 1 atom stereocenters. The predicted octanol–water partition coefficient (Wildman–Crippen LogP) is 4.18. The number of unbranched alkanes of at least 4 members (excludes halogenated alkanes) is 4. The number of carbonyl (C=O) groups excluding carboxylic acids is 1. The fraction of sp³-hybridized carbons (Fsp3) is 0.619. The van der Waals surface area contributed by atoms with Gasteiger partial charge in [0.05, 0.1) is 13.2 Å². The Labute approximate surface area is 171 Å². The average Bonchev–Trinajstić information content (AvgIpc) is 3.17. The molecule has 0 saturated carbocycles. The molecule has 0 bridgehead atoms. The van der Waals surface area contributed by atoms with E-state index in [9.17, 15) is 9.90 Å².